The zero-order chi connectivity index (χ0) is 12.3. The summed E-state index contributed by atoms with van der Waals surface area (Å²) in [4.78, 5) is 10.4. The van der Waals surface area contributed by atoms with E-state index in [4.69, 9.17) is 5.11 Å². The number of carboxylic acid groups (broad SMARTS) is 1. The van der Waals surface area contributed by atoms with Crippen molar-refractivity contribution in [3.8, 4) is 0 Å². The predicted molar refractivity (Wildman–Crippen MR) is 59.8 cm³/mol. The van der Waals surface area contributed by atoms with Gasteiger partial charge in [-0.1, -0.05) is 0 Å². The highest BCUT2D eigenvalue weighted by Crippen LogP contribution is 2.21. The van der Waals surface area contributed by atoms with Gasteiger partial charge >= 0.3 is 5.97 Å². The summed E-state index contributed by atoms with van der Waals surface area (Å²) in [5, 5.41) is 21.7. The molecule has 0 bridgehead atoms. The molecule has 1 atom stereocenters. The Morgan fingerprint density at radius 2 is 1.80 bits per heavy atom. The van der Waals surface area contributed by atoms with Gasteiger partial charge in [0.2, 0.25) is 0 Å². The van der Waals surface area contributed by atoms with E-state index in [0.29, 0.717) is 6.42 Å². The second-order valence-electron chi connectivity index (χ2n) is 5.16. The first-order valence-corrected chi connectivity index (χ1v) is 5.28. The van der Waals surface area contributed by atoms with Crippen molar-refractivity contribution in [2.45, 2.75) is 64.6 Å². The van der Waals surface area contributed by atoms with E-state index in [2.05, 4.69) is 5.32 Å². The average molecular weight is 217 g/mol. The molecule has 0 amide bonds. The van der Waals surface area contributed by atoms with Gasteiger partial charge < -0.3 is 15.5 Å². The Labute approximate surface area is 91.7 Å². The van der Waals surface area contributed by atoms with Crippen molar-refractivity contribution in [2.24, 2.45) is 0 Å². The third-order valence-corrected chi connectivity index (χ3v) is 2.93. The standard InChI is InChI=1S/C11H23NO3/c1-8(6-7-9(13)14)12-10(2,3)11(4,5)15/h8,12,15H,6-7H2,1-5H3,(H,13,14). The smallest absolute Gasteiger partial charge is 0.303 e. The molecule has 15 heavy (non-hydrogen) atoms. The molecule has 90 valence electrons. The van der Waals surface area contributed by atoms with Gasteiger partial charge in [-0.3, -0.25) is 4.79 Å². The summed E-state index contributed by atoms with van der Waals surface area (Å²) >= 11 is 0. The minimum absolute atomic E-state index is 0.0718. The molecule has 0 aliphatic carbocycles. The summed E-state index contributed by atoms with van der Waals surface area (Å²) < 4.78 is 0. The Hall–Kier alpha value is -0.610. The fraction of sp³-hybridized carbons (Fsp3) is 0.909. The van der Waals surface area contributed by atoms with E-state index in [9.17, 15) is 9.90 Å². The second-order valence-corrected chi connectivity index (χ2v) is 5.16. The molecule has 4 heteroatoms. The summed E-state index contributed by atoms with van der Waals surface area (Å²) in [6.45, 7) is 9.22. The average Bonchev–Trinajstić information content (AvgIpc) is 1.97. The third kappa shape index (κ3) is 5.14. The number of carbonyl (C=O) groups is 1. The van der Waals surface area contributed by atoms with E-state index >= 15 is 0 Å². The third-order valence-electron chi connectivity index (χ3n) is 2.93. The Morgan fingerprint density at radius 3 is 2.13 bits per heavy atom. The molecular formula is C11H23NO3. The maximum absolute atomic E-state index is 10.4. The number of aliphatic carboxylic acids is 1. The van der Waals surface area contributed by atoms with Crippen molar-refractivity contribution in [2.75, 3.05) is 0 Å². The molecule has 0 aromatic rings. The van der Waals surface area contributed by atoms with Gasteiger partial charge in [0, 0.05) is 18.0 Å². The lowest BCUT2D eigenvalue weighted by molar-refractivity contribution is -0.137. The van der Waals surface area contributed by atoms with Crippen molar-refractivity contribution in [3.63, 3.8) is 0 Å². The summed E-state index contributed by atoms with van der Waals surface area (Å²) in [7, 11) is 0. The summed E-state index contributed by atoms with van der Waals surface area (Å²) in [5.74, 6) is -0.787. The Balaban J connectivity index is 4.16. The summed E-state index contributed by atoms with van der Waals surface area (Å²) in [6.07, 6.45) is 0.713. The van der Waals surface area contributed by atoms with Crippen LogP contribution in [-0.4, -0.2) is 33.4 Å². The first kappa shape index (κ1) is 14.4. The lowest BCUT2D eigenvalue weighted by Crippen LogP contribution is -2.58. The first-order chi connectivity index (χ1) is 6.56. The van der Waals surface area contributed by atoms with Crippen LogP contribution in [0.4, 0.5) is 0 Å². The molecule has 0 spiro atoms. The van der Waals surface area contributed by atoms with Crippen LogP contribution in [0.2, 0.25) is 0 Å². The quantitative estimate of drug-likeness (QED) is 0.628. The molecule has 0 saturated heterocycles. The molecule has 0 aliphatic rings. The molecule has 3 N–H and O–H groups in total. The van der Waals surface area contributed by atoms with Crippen LogP contribution >= 0.6 is 0 Å². The monoisotopic (exact) mass is 217 g/mol. The number of hydrogen-bond acceptors (Lipinski definition) is 3. The highest BCUT2D eigenvalue weighted by atomic mass is 16.4. The lowest BCUT2D eigenvalue weighted by atomic mass is 9.85. The number of rotatable bonds is 6. The van der Waals surface area contributed by atoms with Crippen molar-refractivity contribution in [3.05, 3.63) is 0 Å². The van der Waals surface area contributed by atoms with Crippen molar-refractivity contribution < 1.29 is 15.0 Å². The highest BCUT2D eigenvalue weighted by Gasteiger charge is 2.35. The maximum atomic E-state index is 10.4. The second kappa shape index (κ2) is 4.94. The number of carboxylic acids is 1. The van der Waals surface area contributed by atoms with Gasteiger partial charge in [-0.25, -0.2) is 0 Å². The van der Waals surface area contributed by atoms with Crippen LogP contribution < -0.4 is 5.32 Å². The minimum Gasteiger partial charge on any atom is -0.481 e. The maximum Gasteiger partial charge on any atom is 0.303 e. The molecule has 1 unspecified atom stereocenters. The van der Waals surface area contributed by atoms with Crippen LogP contribution in [0.15, 0.2) is 0 Å². The van der Waals surface area contributed by atoms with Crippen LogP contribution in [0.3, 0.4) is 0 Å². The van der Waals surface area contributed by atoms with Crippen LogP contribution in [-0.2, 0) is 4.79 Å². The Morgan fingerprint density at radius 1 is 1.33 bits per heavy atom. The van der Waals surface area contributed by atoms with E-state index < -0.39 is 17.1 Å². The van der Waals surface area contributed by atoms with Crippen LogP contribution in [0, 0.1) is 0 Å². The zero-order valence-electron chi connectivity index (χ0n) is 10.3. The van der Waals surface area contributed by atoms with Gasteiger partial charge in [0.25, 0.3) is 0 Å². The molecule has 0 aliphatic heterocycles. The fourth-order valence-electron chi connectivity index (χ4n) is 1.20. The van der Waals surface area contributed by atoms with Crippen molar-refractivity contribution in [1.29, 1.82) is 0 Å². The SMILES string of the molecule is CC(CCC(=O)O)NC(C)(C)C(C)(C)O. The van der Waals surface area contributed by atoms with E-state index in [0.717, 1.165) is 0 Å². The van der Waals surface area contributed by atoms with Gasteiger partial charge in [0.05, 0.1) is 5.60 Å². The van der Waals surface area contributed by atoms with Crippen LogP contribution in [0.25, 0.3) is 0 Å². The minimum atomic E-state index is -0.843. The molecule has 0 fully saturated rings. The molecule has 0 rings (SSSR count). The van der Waals surface area contributed by atoms with Gasteiger partial charge in [-0.15, -0.1) is 0 Å². The topological polar surface area (TPSA) is 69.6 Å². The number of aliphatic hydroxyl groups is 1. The molecule has 0 aromatic heterocycles. The normalized spacial score (nSPS) is 15.1. The van der Waals surface area contributed by atoms with E-state index in [-0.39, 0.29) is 12.5 Å². The van der Waals surface area contributed by atoms with Gasteiger partial charge in [0.15, 0.2) is 0 Å². The zero-order valence-corrected chi connectivity index (χ0v) is 10.3. The lowest BCUT2D eigenvalue weighted by Gasteiger charge is -2.40. The summed E-state index contributed by atoms with van der Waals surface area (Å²) in [5.41, 5.74) is -1.28. The molecule has 0 radical (unpaired) electrons. The van der Waals surface area contributed by atoms with Crippen molar-refractivity contribution >= 4 is 5.97 Å². The number of hydrogen-bond donors (Lipinski definition) is 3. The van der Waals surface area contributed by atoms with Gasteiger partial charge in [0.1, 0.15) is 0 Å². The van der Waals surface area contributed by atoms with E-state index in [1.54, 1.807) is 13.8 Å². The highest BCUT2D eigenvalue weighted by molar-refractivity contribution is 5.66. The molecule has 0 saturated carbocycles. The molecular weight excluding hydrogens is 194 g/mol. The molecule has 4 nitrogen and oxygen atoms in total. The van der Waals surface area contributed by atoms with Crippen LogP contribution in [0.5, 0.6) is 0 Å². The van der Waals surface area contributed by atoms with E-state index in [1.165, 1.54) is 0 Å². The van der Waals surface area contributed by atoms with Gasteiger partial charge in [-0.05, 0) is 41.0 Å². The molecule has 0 heterocycles. The van der Waals surface area contributed by atoms with E-state index in [1.807, 2.05) is 20.8 Å². The molecule has 0 aromatic carbocycles. The Bertz CT molecular complexity index is 218. The predicted octanol–water partition coefficient (Wildman–Crippen LogP) is 1.38. The number of nitrogens with one attached hydrogen (secondary N) is 1. The first-order valence-electron chi connectivity index (χ1n) is 5.28. The largest absolute Gasteiger partial charge is 0.481 e. The fourth-order valence-corrected chi connectivity index (χ4v) is 1.20. The summed E-state index contributed by atoms with van der Waals surface area (Å²) in [6, 6.07) is 0.0718. The Kier molecular flexibility index (Phi) is 4.74. The van der Waals surface area contributed by atoms with Crippen LogP contribution in [0.1, 0.15) is 47.5 Å². The van der Waals surface area contributed by atoms with Crippen molar-refractivity contribution in [1.82, 2.24) is 5.32 Å². The van der Waals surface area contributed by atoms with Gasteiger partial charge in [-0.2, -0.15) is 0 Å².